The quantitative estimate of drug-likeness (QED) is 0.773. The third kappa shape index (κ3) is 4.27. The van der Waals surface area contributed by atoms with Crippen LogP contribution in [0.1, 0.15) is 37.7 Å². The summed E-state index contributed by atoms with van der Waals surface area (Å²) in [6, 6.07) is 8.53. The van der Waals surface area contributed by atoms with E-state index >= 15 is 0 Å². The molecule has 0 spiro atoms. The summed E-state index contributed by atoms with van der Waals surface area (Å²) < 4.78 is 0. The molecule has 2 rings (SSSR count). The van der Waals surface area contributed by atoms with E-state index in [1.54, 1.807) is 0 Å². The van der Waals surface area contributed by atoms with E-state index < -0.39 is 0 Å². The number of thioether (sulfide) groups is 1. The zero-order chi connectivity index (χ0) is 11.9. The van der Waals surface area contributed by atoms with Crippen LogP contribution < -0.4 is 5.32 Å². The van der Waals surface area contributed by atoms with Crippen LogP contribution in [0.5, 0.6) is 0 Å². The van der Waals surface area contributed by atoms with E-state index in [-0.39, 0.29) is 0 Å². The second kappa shape index (κ2) is 6.95. The maximum atomic E-state index is 3.53. The summed E-state index contributed by atoms with van der Waals surface area (Å²) in [6.45, 7) is 3.25. The first kappa shape index (κ1) is 12.8. The molecule has 0 aromatic heterocycles. The summed E-state index contributed by atoms with van der Waals surface area (Å²) in [7, 11) is 0. The summed E-state index contributed by atoms with van der Waals surface area (Å²) in [5.41, 5.74) is 2.63. The Labute approximate surface area is 109 Å². The average Bonchev–Trinajstić information content (AvgIpc) is 2.38. The summed E-state index contributed by atoms with van der Waals surface area (Å²) >= 11 is 2.16. The van der Waals surface area contributed by atoms with Crippen molar-refractivity contribution in [2.24, 2.45) is 0 Å². The standard InChI is InChI=1S/C15H23NS/c1-13-7-5-6-10-15(13)16-11-12-17-14-8-3-2-4-9-14/h5-7,10,14,16H,2-4,8-9,11-12H2,1H3. The van der Waals surface area contributed by atoms with Crippen molar-refractivity contribution in [3.63, 3.8) is 0 Å². The van der Waals surface area contributed by atoms with E-state index in [9.17, 15) is 0 Å². The van der Waals surface area contributed by atoms with Gasteiger partial charge in [-0.15, -0.1) is 0 Å². The Kier molecular flexibility index (Phi) is 5.24. The fraction of sp³-hybridized carbons (Fsp3) is 0.600. The molecule has 1 nitrogen and oxygen atoms in total. The predicted molar refractivity (Wildman–Crippen MR) is 79.0 cm³/mol. The maximum Gasteiger partial charge on any atom is 0.0370 e. The van der Waals surface area contributed by atoms with E-state index in [4.69, 9.17) is 0 Å². The minimum atomic E-state index is 0.933. The second-order valence-corrected chi connectivity index (χ2v) is 6.28. The van der Waals surface area contributed by atoms with Crippen molar-refractivity contribution in [3.05, 3.63) is 29.8 Å². The first-order valence-corrected chi connectivity index (χ1v) is 7.82. The molecular formula is C15H23NS. The van der Waals surface area contributed by atoms with Crippen LogP contribution in [-0.2, 0) is 0 Å². The number of aryl methyl sites for hydroxylation is 1. The molecule has 0 amide bonds. The van der Waals surface area contributed by atoms with Crippen LogP contribution in [0.15, 0.2) is 24.3 Å². The molecule has 1 aromatic carbocycles. The topological polar surface area (TPSA) is 12.0 Å². The largest absolute Gasteiger partial charge is 0.384 e. The van der Waals surface area contributed by atoms with Crippen molar-refractivity contribution in [3.8, 4) is 0 Å². The van der Waals surface area contributed by atoms with Crippen LogP contribution in [0.2, 0.25) is 0 Å². The molecule has 0 heterocycles. The van der Waals surface area contributed by atoms with Crippen LogP contribution in [0.4, 0.5) is 5.69 Å². The molecule has 0 aliphatic heterocycles. The summed E-state index contributed by atoms with van der Waals surface area (Å²) in [4.78, 5) is 0. The lowest BCUT2D eigenvalue weighted by Gasteiger charge is -2.21. The zero-order valence-electron chi connectivity index (χ0n) is 10.7. The Morgan fingerprint density at radius 1 is 1.18 bits per heavy atom. The van der Waals surface area contributed by atoms with Crippen LogP contribution in [0, 0.1) is 6.92 Å². The van der Waals surface area contributed by atoms with Gasteiger partial charge in [-0.3, -0.25) is 0 Å². The van der Waals surface area contributed by atoms with Crippen molar-refractivity contribution in [2.45, 2.75) is 44.3 Å². The second-order valence-electron chi connectivity index (χ2n) is 4.87. The smallest absolute Gasteiger partial charge is 0.0370 e. The maximum absolute atomic E-state index is 3.53. The molecule has 0 saturated heterocycles. The number of hydrogen-bond acceptors (Lipinski definition) is 2. The minimum Gasteiger partial charge on any atom is -0.384 e. The third-order valence-corrected chi connectivity index (χ3v) is 4.85. The molecule has 1 aliphatic rings. The Balaban J connectivity index is 1.64. The monoisotopic (exact) mass is 249 g/mol. The summed E-state index contributed by atoms with van der Waals surface area (Å²) in [5, 5.41) is 4.46. The first-order chi connectivity index (χ1) is 8.36. The van der Waals surface area contributed by atoms with Gasteiger partial charge < -0.3 is 5.32 Å². The molecule has 0 radical (unpaired) electrons. The van der Waals surface area contributed by atoms with Gasteiger partial charge in [0.15, 0.2) is 0 Å². The highest BCUT2D eigenvalue weighted by molar-refractivity contribution is 7.99. The molecule has 0 atom stereocenters. The highest BCUT2D eigenvalue weighted by Crippen LogP contribution is 2.28. The number of rotatable bonds is 5. The normalized spacial score (nSPS) is 17.0. The van der Waals surface area contributed by atoms with E-state index in [1.165, 1.54) is 49.1 Å². The highest BCUT2D eigenvalue weighted by Gasteiger charge is 2.12. The fourth-order valence-corrected chi connectivity index (χ4v) is 3.63. The summed E-state index contributed by atoms with van der Waals surface area (Å²) in [5.74, 6) is 1.24. The highest BCUT2D eigenvalue weighted by atomic mass is 32.2. The van der Waals surface area contributed by atoms with E-state index in [1.807, 2.05) is 0 Å². The van der Waals surface area contributed by atoms with Gasteiger partial charge in [-0.2, -0.15) is 11.8 Å². The van der Waals surface area contributed by atoms with Crippen molar-refractivity contribution in [1.82, 2.24) is 0 Å². The lowest BCUT2D eigenvalue weighted by Crippen LogP contribution is -2.12. The molecule has 17 heavy (non-hydrogen) atoms. The van der Waals surface area contributed by atoms with Gasteiger partial charge in [-0.05, 0) is 31.4 Å². The molecular weight excluding hydrogens is 226 g/mol. The Bertz CT molecular complexity index is 331. The SMILES string of the molecule is Cc1ccccc1NCCSC1CCCCC1. The first-order valence-electron chi connectivity index (χ1n) is 6.77. The molecule has 1 fully saturated rings. The third-order valence-electron chi connectivity index (χ3n) is 3.47. The van der Waals surface area contributed by atoms with Crippen LogP contribution in [0.3, 0.4) is 0 Å². The van der Waals surface area contributed by atoms with Gasteiger partial charge in [0.05, 0.1) is 0 Å². The van der Waals surface area contributed by atoms with Gasteiger partial charge in [0.25, 0.3) is 0 Å². The molecule has 0 bridgehead atoms. The van der Waals surface area contributed by atoms with Crippen molar-refractivity contribution in [1.29, 1.82) is 0 Å². The fourth-order valence-electron chi connectivity index (χ4n) is 2.41. The lowest BCUT2D eigenvalue weighted by atomic mass is 10.0. The van der Waals surface area contributed by atoms with E-state index in [0.29, 0.717) is 0 Å². The van der Waals surface area contributed by atoms with E-state index in [0.717, 1.165) is 11.8 Å². The summed E-state index contributed by atoms with van der Waals surface area (Å²) in [6.07, 6.45) is 7.23. The van der Waals surface area contributed by atoms with Gasteiger partial charge in [0.2, 0.25) is 0 Å². The number of para-hydroxylation sites is 1. The van der Waals surface area contributed by atoms with E-state index in [2.05, 4.69) is 48.3 Å². The van der Waals surface area contributed by atoms with Crippen LogP contribution >= 0.6 is 11.8 Å². The number of benzene rings is 1. The molecule has 1 N–H and O–H groups in total. The number of nitrogens with one attached hydrogen (secondary N) is 1. The van der Waals surface area contributed by atoms with Gasteiger partial charge in [-0.1, -0.05) is 37.5 Å². The zero-order valence-corrected chi connectivity index (χ0v) is 11.6. The van der Waals surface area contributed by atoms with Gasteiger partial charge in [0.1, 0.15) is 0 Å². The number of anilines is 1. The van der Waals surface area contributed by atoms with Gasteiger partial charge in [0, 0.05) is 23.2 Å². The van der Waals surface area contributed by atoms with Crippen molar-refractivity contribution >= 4 is 17.4 Å². The lowest BCUT2D eigenvalue weighted by molar-refractivity contribution is 0.516. The number of hydrogen-bond donors (Lipinski definition) is 1. The van der Waals surface area contributed by atoms with Crippen molar-refractivity contribution < 1.29 is 0 Å². The Hall–Kier alpha value is -0.630. The molecule has 2 heteroatoms. The molecule has 94 valence electrons. The Morgan fingerprint density at radius 3 is 2.71 bits per heavy atom. The molecule has 1 aliphatic carbocycles. The molecule has 1 aromatic rings. The molecule has 0 unspecified atom stereocenters. The van der Waals surface area contributed by atoms with Crippen molar-refractivity contribution in [2.75, 3.05) is 17.6 Å². The van der Waals surface area contributed by atoms with Gasteiger partial charge in [-0.25, -0.2) is 0 Å². The van der Waals surface area contributed by atoms with Gasteiger partial charge >= 0.3 is 0 Å². The van der Waals surface area contributed by atoms with Crippen LogP contribution in [-0.4, -0.2) is 17.5 Å². The Morgan fingerprint density at radius 2 is 1.94 bits per heavy atom. The van der Waals surface area contributed by atoms with Crippen LogP contribution in [0.25, 0.3) is 0 Å². The predicted octanol–water partition coefficient (Wildman–Crippen LogP) is 4.47. The molecule has 1 saturated carbocycles. The minimum absolute atomic E-state index is 0.933. The average molecular weight is 249 g/mol.